The molecule has 3 heteroatoms. The number of hydrogen-bond acceptors (Lipinski definition) is 2. The van der Waals surface area contributed by atoms with Crippen molar-refractivity contribution < 1.29 is 4.79 Å². The zero-order valence-electron chi connectivity index (χ0n) is 9.26. The summed E-state index contributed by atoms with van der Waals surface area (Å²) < 4.78 is 0. The van der Waals surface area contributed by atoms with E-state index in [1.54, 1.807) is 6.92 Å². The van der Waals surface area contributed by atoms with Crippen LogP contribution in [0.15, 0.2) is 0 Å². The Morgan fingerprint density at radius 2 is 2.08 bits per heavy atom. The van der Waals surface area contributed by atoms with E-state index in [1.165, 1.54) is 6.42 Å². The minimum atomic E-state index is 0.0882. The lowest BCUT2D eigenvalue weighted by atomic mass is 10.1. The Kier molecular flexibility index (Phi) is 6.59. The van der Waals surface area contributed by atoms with Crippen molar-refractivity contribution in [1.29, 1.82) is 0 Å². The molecule has 0 saturated carbocycles. The number of nitrogens with zero attached hydrogens (tertiary/aromatic N) is 1. The van der Waals surface area contributed by atoms with Crippen molar-refractivity contribution in [1.82, 2.24) is 10.2 Å². The zero-order chi connectivity index (χ0) is 10.3. The van der Waals surface area contributed by atoms with E-state index in [2.05, 4.69) is 17.3 Å². The van der Waals surface area contributed by atoms with E-state index in [1.807, 2.05) is 13.8 Å². The Balaban J connectivity index is 0.000000671. The van der Waals surface area contributed by atoms with Crippen molar-refractivity contribution in [2.24, 2.45) is 0 Å². The second-order valence-corrected chi connectivity index (χ2v) is 3.30. The van der Waals surface area contributed by atoms with Crippen LogP contribution in [0.2, 0.25) is 0 Å². The van der Waals surface area contributed by atoms with Crippen LogP contribution in [0.3, 0.4) is 0 Å². The van der Waals surface area contributed by atoms with Gasteiger partial charge < -0.3 is 10.2 Å². The van der Waals surface area contributed by atoms with Gasteiger partial charge in [0.2, 0.25) is 5.91 Å². The molecule has 1 saturated heterocycles. The monoisotopic (exact) mass is 186 g/mol. The molecule has 78 valence electrons. The average molecular weight is 186 g/mol. The molecule has 0 spiro atoms. The molecule has 0 aromatic heterocycles. The summed E-state index contributed by atoms with van der Waals surface area (Å²) >= 11 is 0. The van der Waals surface area contributed by atoms with Crippen molar-refractivity contribution in [2.75, 3.05) is 20.1 Å². The molecule has 0 aliphatic carbocycles. The maximum atomic E-state index is 10.7. The molecule has 1 rings (SSSR count). The lowest BCUT2D eigenvalue weighted by Crippen LogP contribution is -2.45. The van der Waals surface area contributed by atoms with Gasteiger partial charge in [-0.05, 0) is 26.4 Å². The van der Waals surface area contributed by atoms with Crippen LogP contribution in [0.5, 0.6) is 0 Å². The summed E-state index contributed by atoms with van der Waals surface area (Å²) in [7, 11) is 2.09. The first-order chi connectivity index (χ1) is 6.18. The Hall–Kier alpha value is -0.570. The van der Waals surface area contributed by atoms with Gasteiger partial charge in [0.05, 0.1) is 0 Å². The predicted molar refractivity (Wildman–Crippen MR) is 55.7 cm³/mol. The molecule has 1 heterocycles. The number of piperidine rings is 1. The predicted octanol–water partition coefficient (Wildman–Crippen LogP) is 1.24. The van der Waals surface area contributed by atoms with E-state index in [9.17, 15) is 4.79 Å². The Morgan fingerprint density at radius 3 is 2.54 bits per heavy atom. The lowest BCUT2D eigenvalue weighted by molar-refractivity contribution is -0.119. The largest absolute Gasteiger partial charge is 0.352 e. The highest BCUT2D eigenvalue weighted by Gasteiger charge is 2.16. The third-order valence-electron chi connectivity index (χ3n) is 2.03. The molecule has 0 bridgehead atoms. The number of likely N-dealkylation sites (N-methyl/N-ethyl adjacent to an activating group) is 1. The van der Waals surface area contributed by atoms with Gasteiger partial charge in [-0.2, -0.15) is 0 Å². The van der Waals surface area contributed by atoms with Gasteiger partial charge in [-0.15, -0.1) is 0 Å². The molecular formula is C10H22N2O. The van der Waals surface area contributed by atoms with E-state index in [-0.39, 0.29) is 5.91 Å². The number of carbonyl (C=O) groups is 1. The van der Waals surface area contributed by atoms with E-state index < -0.39 is 0 Å². The SMILES string of the molecule is CC.CC(=O)NC1CCCN(C)C1. The van der Waals surface area contributed by atoms with Crippen molar-refractivity contribution in [3.05, 3.63) is 0 Å². The molecule has 1 N–H and O–H groups in total. The summed E-state index contributed by atoms with van der Waals surface area (Å²) in [6, 6.07) is 0.381. The van der Waals surface area contributed by atoms with E-state index >= 15 is 0 Å². The lowest BCUT2D eigenvalue weighted by Gasteiger charge is -2.29. The first-order valence-electron chi connectivity index (χ1n) is 5.14. The molecule has 1 fully saturated rings. The molecule has 0 aromatic rings. The normalized spacial score (nSPS) is 22.9. The molecular weight excluding hydrogens is 164 g/mol. The van der Waals surface area contributed by atoms with Crippen LogP contribution in [-0.2, 0) is 4.79 Å². The fraction of sp³-hybridized carbons (Fsp3) is 0.900. The van der Waals surface area contributed by atoms with Crippen molar-refractivity contribution in [3.63, 3.8) is 0 Å². The van der Waals surface area contributed by atoms with Gasteiger partial charge in [0.25, 0.3) is 0 Å². The number of amides is 1. The number of rotatable bonds is 1. The molecule has 1 amide bonds. The van der Waals surface area contributed by atoms with Gasteiger partial charge in [-0.3, -0.25) is 4.79 Å². The zero-order valence-corrected chi connectivity index (χ0v) is 9.26. The number of hydrogen-bond donors (Lipinski definition) is 1. The van der Waals surface area contributed by atoms with Gasteiger partial charge in [0.1, 0.15) is 0 Å². The third kappa shape index (κ3) is 5.64. The summed E-state index contributed by atoms with van der Waals surface area (Å²) in [4.78, 5) is 12.9. The van der Waals surface area contributed by atoms with Crippen molar-refractivity contribution >= 4 is 5.91 Å². The van der Waals surface area contributed by atoms with Crippen LogP contribution < -0.4 is 5.32 Å². The maximum Gasteiger partial charge on any atom is 0.217 e. The summed E-state index contributed by atoms with van der Waals surface area (Å²) in [6.07, 6.45) is 2.32. The standard InChI is InChI=1S/C8H16N2O.C2H6/c1-7(11)9-8-4-3-5-10(2)6-8;1-2/h8H,3-6H2,1-2H3,(H,9,11);1-2H3. The average Bonchev–Trinajstić information content (AvgIpc) is 2.06. The highest BCUT2D eigenvalue weighted by atomic mass is 16.1. The Morgan fingerprint density at radius 1 is 1.46 bits per heavy atom. The van der Waals surface area contributed by atoms with Crippen molar-refractivity contribution in [3.8, 4) is 0 Å². The van der Waals surface area contributed by atoms with E-state index in [0.717, 1.165) is 19.5 Å². The molecule has 13 heavy (non-hydrogen) atoms. The molecule has 0 radical (unpaired) electrons. The second kappa shape index (κ2) is 6.89. The summed E-state index contributed by atoms with van der Waals surface area (Å²) in [5.41, 5.74) is 0. The van der Waals surface area contributed by atoms with Gasteiger partial charge >= 0.3 is 0 Å². The fourth-order valence-corrected chi connectivity index (χ4v) is 1.57. The fourth-order valence-electron chi connectivity index (χ4n) is 1.57. The van der Waals surface area contributed by atoms with Crippen LogP contribution in [0.25, 0.3) is 0 Å². The highest BCUT2D eigenvalue weighted by molar-refractivity contribution is 5.73. The smallest absolute Gasteiger partial charge is 0.217 e. The van der Waals surface area contributed by atoms with Crippen LogP contribution in [0.4, 0.5) is 0 Å². The van der Waals surface area contributed by atoms with Crippen molar-refractivity contribution in [2.45, 2.75) is 39.7 Å². The number of carbonyl (C=O) groups excluding carboxylic acids is 1. The van der Waals surface area contributed by atoms with Crippen LogP contribution >= 0.6 is 0 Å². The molecule has 3 nitrogen and oxygen atoms in total. The van der Waals surface area contributed by atoms with Crippen LogP contribution in [0, 0.1) is 0 Å². The van der Waals surface area contributed by atoms with Crippen LogP contribution in [-0.4, -0.2) is 37.0 Å². The van der Waals surface area contributed by atoms with Gasteiger partial charge in [-0.25, -0.2) is 0 Å². The third-order valence-corrected chi connectivity index (χ3v) is 2.03. The minimum Gasteiger partial charge on any atom is -0.352 e. The molecule has 1 aliphatic heterocycles. The van der Waals surface area contributed by atoms with E-state index in [4.69, 9.17) is 0 Å². The molecule has 1 unspecified atom stereocenters. The highest BCUT2D eigenvalue weighted by Crippen LogP contribution is 2.07. The quantitative estimate of drug-likeness (QED) is 0.668. The second-order valence-electron chi connectivity index (χ2n) is 3.30. The number of nitrogens with one attached hydrogen (secondary N) is 1. The van der Waals surface area contributed by atoms with Gasteiger partial charge in [-0.1, -0.05) is 13.8 Å². The maximum absolute atomic E-state index is 10.7. The van der Waals surface area contributed by atoms with Gasteiger partial charge in [0, 0.05) is 19.5 Å². The molecule has 0 aromatic carbocycles. The van der Waals surface area contributed by atoms with Gasteiger partial charge in [0.15, 0.2) is 0 Å². The number of likely N-dealkylation sites (tertiary alicyclic amines) is 1. The minimum absolute atomic E-state index is 0.0882. The molecule has 1 aliphatic rings. The first-order valence-corrected chi connectivity index (χ1v) is 5.14. The first kappa shape index (κ1) is 12.4. The topological polar surface area (TPSA) is 32.3 Å². The Bertz CT molecular complexity index is 148. The molecule has 1 atom stereocenters. The van der Waals surface area contributed by atoms with Crippen LogP contribution in [0.1, 0.15) is 33.6 Å². The summed E-state index contributed by atoms with van der Waals surface area (Å²) in [6.45, 7) is 7.74. The Labute approximate surface area is 81.5 Å². The van der Waals surface area contributed by atoms with E-state index in [0.29, 0.717) is 6.04 Å². The summed E-state index contributed by atoms with van der Waals surface area (Å²) in [5.74, 6) is 0.0882. The summed E-state index contributed by atoms with van der Waals surface area (Å²) in [5, 5.41) is 2.93.